The van der Waals surface area contributed by atoms with Gasteiger partial charge in [-0.2, -0.15) is 0 Å². The maximum atomic E-state index is 12.1. The molecule has 0 bridgehead atoms. The van der Waals surface area contributed by atoms with Gasteiger partial charge >= 0.3 is 0 Å². The van der Waals surface area contributed by atoms with Crippen LogP contribution in [0.5, 0.6) is 0 Å². The van der Waals surface area contributed by atoms with E-state index in [0.29, 0.717) is 0 Å². The SMILES string of the molecule is CCc1cc2ccc(CN3CCN(c4ncccn4)CC3)cc2[nH]c1=O. The van der Waals surface area contributed by atoms with Crippen LogP contribution in [0, 0.1) is 0 Å². The van der Waals surface area contributed by atoms with Crippen LogP contribution in [0.15, 0.2) is 47.5 Å². The first kappa shape index (κ1) is 16.7. The van der Waals surface area contributed by atoms with Crippen LogP contribution < -0.4 is 10.5 Å². The summed E-state index contributed by atoms with van der Waals surface area (Å²) < 4.78 is 0. The van der Waals surface area contributed by atoms with E-state index in [-0.39, 0.29) is 5.56 Å². The first-order valence-electron chi connectivity index (χ1n) is 9.12. The highest BCUT2D eigenvalue weighted by atomic mass is 16.1. The van der Waals surface area contributed by atoms with Crippen LogP contribution in [-0.2, 0) is 13.0 Å². The van der Waals surface area contributed by atoms with Crippen molar-refractivity contribution in [3.63, 3.8) is 0 Å². The van der Waals surface area contributed by atoms with Gasteiger partial charge in [-0.1, -0.05) is 19.1 Å². The van der Waals surface area contributed by atoms with E-state index < -0.39 is 0 Å². The third-order valence-electron chi connectivity index (χ3n) is 4.98. The lowest BCUT2D eigenvalue weighted by Crippen LogP contribution is -2.46. The van der Waals surface area contributed by atoms with Gasteiger partial charge in [-0.3, -0.25) is 9.69 Å². The predicted octanol–water partition coefficient (Wildman–Crippen LogP) is 2.20. The molecule has 0 atom stereocenters. The Labute approximate surface area is 152 Å². The normalized spacial score (nSPS) is 15.5. The Morgan fingerprint density at radius 1 is 1.08 bits per heavy atom. The third-order valence-corrected chi connectivity index (χ3v) is 4.98. The molecule has 6 heteroatoms. The van der Waals surface area contributed by atoms with Gasteiger partial charge in [-0.05, 0) is 35.6 Å². The number of aromatic amines is 1. The summed E-state index contributed by atoms with van der Waals surface area (Å²) in [6, 6.07) is 10.2. The lowest BCUT2D eigenvalue weighted by Gasteiger charge is -2.34. The van der Waals surface area contributed by atoms with E-state index >= 15 is 0 Å². The molecule has 26 heavy (non-hydrogen) atoms. The van der Waals surface area contributed by atoms with Gasteiger partial charge in [0.25, 0.3) is 5.56 Å². The summed E-state index contributed by atoms with van der Waals surface area (Å²) in [6.07, 6.45) is 4.32. The van der Waals surface area contributed by atoms with Crippen LogP contribution >= 0.6 is 0 Å². The smallest absolute Gasteiger partial charge is 0.251 e. The molecule has 1 saturated heterocycles. The first-order chi connectivity index (χ1) is 12.7. The van der Waals surface area contributed by atoms with Crippen LogP contribution in [0.25, 0.3) is 10.9 Å². The highest BCUT2D eigenvalue weighted by Gasteiger charge is 2.18. The van der Waals surface area contributed by atoms with Crippen LogP contribution in [0.2, 0.25) is 0 Å². The minimum Gasteiger partial charge on any atom is -0.338 e. The highest BCUT2D eigenvalue weighted by Crippen LogP contribution is 2.17. The summed E-state index contributed by atoms with van der Waals surface area (Å²) in [5.41, 5.74) is 3.00. The van der Waals surface area contributed by atoms with Gasteiger partial charge in [0.2, 0.25) is 5.95 Å². The van der Waals surface area contributed by atoms with Crippen molar-refractivity contribution in [3.8, 4) is 0 Å². The summed E-state index contributed by atoms with van der Waals surface area (Å²) >= 11 is 0. The number of H-pyrrole nitrogens is 1. The van der Waals surface area contributed by atoms with Crippen molar-refractivity contribution >= 4 is 16.9 Å². The Morgan fingerprint density at radius 2 is 1.85 bits per heavy atom. The number of nitrogens with one attached hydrogen (secondary N) is 1. The van der Waals surface area contributed by atoms with Crippen molar-refractivity contribution in [2.24, 2.45) is 0 Å². The number of aromatic nitrogens is 3. The summed E-state index contributed by atoms with van der Waals surface area (Å²) in [5.74, 6) is 0.808. The van der Waals surface area contributed by atoms with E-state index in [0.717, 1.165) is 61.6 Å². The average molecular weight is 349 g/mol. The van der Waals surface area contributed by atoms with Crippen molar-refractivity contribution in [1.82, 2.24) is 19.9 Å². The average Bonchev–Trinajstić information content (AvgIpc) is 2.69. The van der Waals surface area contributed by atoms with E-state index in [1.54, 1.807) is 12.4 Å². The quantitative estimate of drug-likeness (QED) is 0.782. The number of hydrogen-bond acceptors (Lipinski definition) is 5. The summed E-state index contributed by atoms with van der Waals surface area (Å²) in [6.45, 7) is 6.69. The van der Waals surface area contributed by atoms with Gasteiger partial charge < -0.3 is 9.88 Å². The minimum atomic E-state index is 0.0219. The van der Waals surface area contributed by atoms with Crippen molar-refractivity contribution in [2.45, 2.75) is 19.9 Å². The van der Waals surface area contributed by atoms with Crippen LogP contribution in [-0.4, -0.2) is 46.0 Å². The second kappa shape index (κ2) is 7.25. The number of rotatable bonds is 4. The molecule has 134 valence electrons. The molecular formula is C20H23N5O. The van der Waals surface area contributed by atoms with Crippen molar-refractivity contribution in [3.05, 3.63) is 64.2 Å². The Morgan fingerprint density at radius 3 is 2.58 bits per heavy atom. The summed E-state index contributed by atoms with van der Waals surface area (Å²) in [4.78, 5) is 28.4. The fourth-order valence-electron chi connectivity index (χ4n) is 3.47. The largest absolute Gasteiger partial charge is 0.338 e. The van der Waals surface area contributed by atoms with Gasteiger partial charge in [0.1, 0.15) is 0 Å². The van der Waals surface area contributed by atoms with Gasteiger partial charge in [-0.15, -0.1) is 0 Å². The van der Waals surface area contributed by atoms with Gasteiger partial charge in [-0.25, -0.2) is 9.97 Å². The zero-order chi connectivity index (χ0) is 17.9. The van der Waals surface area contributed by atoms with E-state index in [1.807, 2.05) is 19.1 Å². The molecule has 1 aromatic carbocycles. The standard InChI is InChI=1S/C20H23N5O/c1-2-16-13-17-5-4-15(12-18(17)23-19(16)26)14-24-8-10-25(11-9-24)20-21-6-3-7-22-20/h3-7,12-13H,2,8-11,14H2,1H3,(H,23,26). The summed E-state index contributed by atoms with van der Waals surface area (Å²) in [5, 5.41) is 1.09. The molecule has 0 spiro atoms. The number of piperazine rings is 1. The molecule has 1 aliphatic heterocycles. The molecule has 1 aliphatic rings. The van der Waals surface area contributed by atoms with Crippen LogP contribution in [0.4, 0.5) is 5.95 Å². The molecule has 0 saturated carbocycles. The number of benzene rings is 1. The number of anilines is 1. The molecule has 3 aromatic rings. The van der Waals surface area contributed by atoms with Gasteiger partial charge in [0, 0.05) is 56.2 Å². The minimum absolute atomic E-state index is 0.0219. The zero-order valence-corrected chi connectivity index (χ0v) is 15.0. The first-order valence-corrected chi connectivity index (χ1v) is 9.12. The van der Waals surface area contributed by atoms with Gasteiger partial charge in [0.15, 0.2) is 0 Å². The lowest BCUT2D eigenvalue weighted by atomic mass is 10.1. The van der Waals surface area contributed by atoms with Crippen LogP contribution in [0.3, 0.4) is 0 Å². The zero-order valence-electron chi connectivity index (χ0n) is 15.0. The molecular weight excluding hydrogens is 326 g/mol. The van der Waals surface area contributed by atoms with Crippen LogP contribution in [0.1, 0.15) is 18.1 Å². The van der Waals surface area contributed by atoms with Crippen molar-refractivity contribution in [2.75, 3.05) is 31.1 Å². The highest BCUT2D eigenvalue weighted by molar-refractivity contribution is 5.79. The Balaban J connectivity index is 1.44. The molecule has 1 fully saturated rings. The van der Waals surface area contributed by atoms with E-state index in [2.05, 4.69) is 43.0 Å². The molecule has 0 unspecified atom stereocenters. The molecule has 0 amide bonds. The topological polar surface area (TPSA) is 65.1 Å². The molecule has 0 aliphatic carbocycles. The third kappa shape index (κ3) is 3.46. The Bertz CT molecular complexity index is 945. The lowest BCUT2D eigenvalue weighted by molar-refractivity contribution is 0.249. The Kier molecular flexibility index (Phi) is 4.67. The summed E-state index contributed by atoms with van der Waals surface area (Å²) in [7, 11) is 0. The van der Waals surface area contributed by atoms with E-state index in [9.17, 15) is 4.79 Å². The maximum Gasteiger partial charge on any atom is 0.251 e. The second-order valence-electron chi connectivity index (χ2n) is 6.71. The fraction of sp³-hybridized carbons (Fsp3) is 0.350. The maximum absolute atomic E-state index is 12.1. The number of aryl methyl sites for hydroxylation is 1. The van der Waals surface area contributed by atoms with Crippen molar-refractivity contribution < 1.29 is 0 Å². The number of nitrogens with zero attached hydrogens (tertiary/aromatic N) is 4. The molecule has 1 N–H and O–H groups in total. The molecule has 0 radical (unpaired) electrons. The second-order valence-corrected chi connectivity index (χ2v) is 6.71. The number of hydrogen-bond donors (Lipinski definition) is 1. The molecule has 2 aromatic heterocycles. The van der Waals surface area contributed by atoms with Gasteiger partial charge in [0.05, 0.1) is 0 Å². The molecule has 3 heterocycles. The van der Waals surface area contributed by atoms with E-state index in [1.165, 1.54) is 5.56 Å². The monoisotopic (exact) mass is 349 g/mol. The Hall–Kier alpha value is -2.73. The number of pyridine rings is 1. The van der Waals surface area contributed by atoms with Crippen molar-refractivity contribution in [1.29, 1.82) is 0 Å². The molecule has 4 rings (SSSR count). The van der Waals surface area contributed by atoms with E-state index in [4.69, 9.17) is 0 Å². The molecule has 6 nitrogen and oxygen atoms in total. The number of fused-ring (bicyclic) bond motifs is 1. The predicted molar refractivity (Wildman–Crippen MR) is 103 cm³/mol. The fourth-order valence-corrected chi connectivity index (χ4v) is 3.47.